The third-order valence-corrected chi connectivity index (χ3v) is 17.1. The van der Waals surface area contributed by atoms with Crippen LogP contribution in [0.2, 0.25) is 5.02 Å². The van der Waals surface area contributed by atoms with Gasteiger partial charge >= 0.3 is 0 Å². The molecule has 1 saturated carbocycles. The highest BCUT2D eigenvalue weighted by molar-refractivity contribution is 7.13. The highest BCUT2D eigenvalue weighted by Gasteiger charge is 2.64. The number of benzene rings is 2. The number of amides is 4. The quantitative estimate of drug-likeness (QED) is 0.0966. The number of hydrogen-bond acceptors (Lipinski definition) is 15. The standard InChI is InChI=1S/C56H74ClN11O7S/c1-35-47(76-34-60-35)37-11-9-36(10-12-37)43(33-69)61-50(73)44-27-40(70)31-68(44)51(74)48(54(2,3)4)62-46(71)32-66-21-19-64(20-22-66)17-18-65-23-25-67(26-24-65)45-16-14-39(30-59-45)49(72)63-52-55(5,6)53(56(52,7)8)75-41-15-13-38(29-58)42(57)28-41/h9-16,28,30,34,40,43-44,48,52-53,69-70H,17-27,31-33H2,1-8H3,(H,61,73)(H,62,71)(H,63,72)/t40-,43+,44+,48-,52?,53?/m1/s1. The molecular formula is C56H74ClN11O7S. The average molecular weight is 1080 g/mol. The minimum atomic E-state index is -0.980. The highest BCUT2D eigenvalue weighted by atomic mass is 35.5. The molecule has 408 valence electrons. The van der Waals surface area contributed by atoms with Crippen LogP contribution in [-0.2, 0) is 14.4 Å². The Balaban J connectivity index is 0.748. The summed E-state index contributed by atoms with van der Waals surface area (Å²) in [6.07, 6.45) is 0.562. The second-order valence-electron chi connectivity index (χ2n) is 23.0. The lowest BCUT2D eigenvalue weighted by molar-refractivity contribution is -0.164. The van der Waals surface area contributed by atoms with Crippen LogP contribution in [0.25, 0.3) is 10.4 Å². The molecule has 1 aliphatic carbocycles. The molecule has 20 heteroatoms. The van der Waals surface area contributed by atoms with Gasteiger partial charge in [-0.05, 0) is 47.7 Å². The van der Waals surface area contributed by atoms with Crippen molar-refractivity contribution in [2.75, 3.05) is 90.0 Å². The third-order valence-electron chi connectivity index (χ3n) is 15.8. The lowest BCUT2D eigenvalue weighted by Crippen LogP contribution is -2.74. The molecule has 0 radical (unpaired) electrons. The van der Waals surface area contributed by atoms with Crippen LogP contribution in [0, 0.1) is 34.5 Å². The van der Waals surface area contributed by atoms with Crippen LogP contribution in [0.1, 0.15) is 88.1 Å². The summed E-state index contributed by atoms with van der Waals surface area (Å²) in [5, 5.41) is 39.8. The van der Waals surface area contributed by atoms with Crippen molar-refractivity contribution in [1.82, 2.24) is 45.5 Å². The number of pyridine rings is 1. The van der Waals surface area contributed by atoms with Gasteiger partial charge in [-0.2, -0.15) is 5.26 Å². The van der Waals surface area contributed by atoms with E-state index in [-0.39, 0.29) is 60.9 Å². The number of likely N-dealkylation sites (tertiary alicyclic amines) is 1. The van der Waals surface area contributed by atoms with E-state index in [9.17, 15) is 34.7 Å². The lowest BCUT2D eigenvalue weighted by atomic mass is 9.49. The van der Waals surface area contributed by atoms with Gasteiger partial charge in [0.25, 0.3) is 5.91 Å². The number of anilines is 1. The monoisotopic (exact) mass is 1080 g/mol. The number of halogens is 1. The SMILES string of the molecule is Cc1ncsc1-c1ccc([C@H](CO)NC(=O)[C@@H]2C[C@@H](O)CN2C(=O)[C@@H](NC(=O)CN2CCN(CCN3CCN(c4ccc(C(=O)NC5C(C)(C)C(Oc6ccc(C#N)c(Cl)c6)C5(C)C)cn4)CC3)CC2)C(C)(C)C)cc1. The Kier molecular flexibility index (Phi) is 17.5. The van der Waals surface area contributed by atoms with Crippen LogP contribution < -0.4 is 25.6 Å². The van der Waals surface area contributed by atoms with Crippen LogP contribution in [0.15, 0.2) is 66.3 Å². The molecule has 18 nitrogen and oxygen atoms in total. The van der Waals surface area contributed by atoms with Gasteiger partial charge in [0.1, 0.15) is 35.8 Å². The van der Waals surface area contributed by atoms with Crippen LogP contribution in [0.4, 0.5) is 5.82 Å². The zero-order valence-electron chi connectivity index (χ0n) is 45.0. The predicted molar refractivity (Wildman–Crippen MR) is 293 cm³/mol. The van der Waals surface area contributed by atoms with E-state index >= 15 is 0 Å². The molecule has 4 aliphatic rings. The summed E-state index contributed by atoms with van der Waals surface area (Å²) in [4.78, 5) is 76.0. The van der Waals surface area contributed by atoms with E-state index in [2.05, 4.69) is 74.3 Å². The Labute approximate surface area is 455 Å². The fraction of sp³-hybridized carbons (Fsp3) is 0.554. The summed E-state index contributed by atoms with van der Waals surface area (Å²) >= 11 is 7.81. The number of carbonyl (C=O) groups excluding carboxylic acids is 4. The highest BCUT2D eigenvalue weighted by Crippen LogP contribution is 2.55. The summed E-state index contributed by atoms with van der Waals surface area (Å²) in [6, 6.07) is 15.6. The molecule has 4 fully saturated rings. The van der Waals surface area contributed by atoms with Crippen molar-refractivity contribution in [3.63, 3.8) is 0 Å². The van der Waals surface area contributed by atoms with Gasteiger partial charge in [0.15, 0.2) is 0 Å². The summed E-state index contributed by atoms with van der Waals surface area (Å²) in [5.74, 6) is 0.0377. The fourth-order valence-electron chi connectivity index (χ4n) is 11.7. The third kappa shape index (κ3) is 12.7. The molecule has 3 saturated heterocycles. The van der Waals surface area contributed by atoms with Crippen molar-refractivity contribution in [3.8, 4) is 22.3 Å². The zero-order valence-corrected chi connectivity index (χ0v) is 46.6. The van der Waals surface area contributed by atoms with E-state index in [1.807, 2.05) is 64.1 Å². The average Bonchev–Trinajstić information content (AvgIpc) is 4.09. The Morgan fingerprint density at radius 3 is 2.11 bits per heavy atom. The number of β-amino-alcohol motifs (C(OH)–C–C–N with tert-alkyl or cyclic N) is 1. The number of aromatic nitrogens is 2. The molecule has 2 aromatic carbocycles. The molecule has 3 aliphatic heterocycles. The number of hydrogen-bond donors (Lipinski definition) is 5. The Hall–Kier alpha value is -5.72. The number of nitrogens with one attached hydrogen (secondary N) is 3. The van der Waals surface area contributed by atoms with E-state index in [0.717, 1.165) is 74.3 Å². The van der Waals surface area contributed by atoms with Crippen molar-refractivity contribution in [1.29, 1.82) is 5.26 Å². The molecule has 0 bridgehead atoms. The van der Waals surface area contributed by atoms with E-state index in [0.29, 0.717) is 40.6 Å². The second-order valence-corrected chi connectivity index (χ2v) is 24.3. The zero-order chi connectivity index (χ0) is 54.7. The molecule has 2 aromatic heterocycles. The molecule has 0 spiro atoms. The van der Waals surface area contributed by atoms with Gasteiger partial charge in [0.05, 0.1) is 57.5 Å². The number of thiazole rings is 1. The molecule has 5 heterocycles. The van der Waals surface area contributed by atoms with E-state index in [1.54, 1.807) is 29.9 Å². The number of rotatable bonds is 17. The van der Waals surface area contributed by atoms with Gasteiger partial charge in [-0.15, -0.1) is 11.3 Å². The van der Waals surface area contributed by atoms with Crippen molar-refractivity contribution >= 4 is 52.4 Å². The number of nitrogens with zero attached hydrogens (tertiary/aromatic N) is 8. The van der Waals surface area contributed by atoms with Gasteiger partial charge in [-0.1, -0.05) is 84.3 Å². The second kappa shape index (κ2) is 23.5. The number of nitriles is 1. The molecular weight excluding hydrogens is 1010 g/mol. The van der Waals surface area contributed by atoms with E-state index < -0.39 is 41.5 Å². The normalized spacial score (nSPS) is 22.7. The molecule has 4 amide bonds. The molecule has 8 rings (SSSR count). The maximum absolute atomic E-state index is 14.3. The van der Waals surface area contributed by atoms with Crippen molar-refractivity contribution in [2.24, 2.45) is 16.2 Å². The first-order valence-electron chi connectivity index (χ1n) is 26.3. The van der Waals surface area contributed by atoms with Crippen molar-refractivity contribution < 1.29 is 34.1 Å². The smallest absolute Gasteiger partial charge is 0.253 e. The minimum Gasteiger partial charge on any atom is -0.489 e. The number of piperazine rings is 2. The number of ether oxygens (including phenoxy) is 1. The first-order chi connectivity index (χ1) is 36.1. The van der Waals surface area contributed by atoms with Crippen molar-refractivity contribution in [2.45, 2.75) is 98.2 Å². The van der Waals surface area contributed by atoms with Crippen LogP contribution >= 0.6 is 22.9 Å². The van der Waals surface area contributed by atoms with Gasteiger partial charge < -0.3 is 40.7 Å². The van der Waals surface area contributed by atoms with Gasteiger partial charge in [-0.25, -0.2) is 9.97 Å². The summed E-state index contributed by atoms with van der Waals surface area (Å²) in [6.45, 7) is 23.8. The van der Waals surface area contributed by atoms with E-state index in [1.165, 1.54) is 16.2 Å². The molecule has 5 N–H and O–H groups in total. The molecule has 4 atom stereocenters. The number of carbonyl (C=O) groups is 4. The predicted octanol–water partition coefficient (Wildman–Crippen LogP) is 4.73. The Morgan fingerprint density at radius 2 is 1.54 bits per heavy atom. The molecule has 4 aromatic rings. The maximum atomic E-state index is 14.3. The molecule has 0 unspecified atom stereocenters. The van der Waals surface area contributed by atoms with Gasteiger partial charge in [0.2, 0.25) is 17.7 Å². The topological polar surface area (TPSA) is 220 Å². The van der Waals surface area contributed by atoms with Crippen LogP contribution in [0.5, 0.6) is 5.75 Å². The van der Waals surface area contributed by atoms with E-state index in [4.69, 9.17) is 21.3 Å². The number of aryl methyl sites for hydroxylation is 1. The first-order valence-corrected chi connectivity index (χ1v) is 27.6. The van der Waals surface area contributed by atoms with Crippen molar-refractivity contribution in [3.05, 3.63) is 93.7 Å². The maximum Gasteiger partial charge on any atom is 0.253 e. The number of aliphatic hydroxyl groups is 2. The summed E-state index contributed by atoms with van der Waals surface area (Å²) in [7, 11) is 0. The summed E-state index contributed by atoms with van der Waals surface area (Å²) in [5.41, 5.74) is 3.82. The summed E-state index contributed by atoms with van der Waals surface area (Å²) < 4.78 is 6.39. The van der Waals surface area contributed by atoms with Crippen LogP contribution in [-0.4, -0.2) is 179 Å². The van der Waals surface area contributed by atoms with Gasteiger partial charge in [0, 0.05) is 108 Å². The Bertz CT molecular complexity index is 2730. The lowest BCUT2D eigenvalue weighted by Gasteiger charge is -2.63. The number of aliphatic hydroxyl groups excluding tert-OH is 2. The van der Waals surface area contributed by atoms with Gasteiger partial charge in [-0.3, -0.25) is 33.9 Å². The minimum absolute atomic E-state index is 0.0408. The molecule has 76 heavy (non-hydrogen) atoms. The largest absolute Gasteiger partial charge is 0.489 e. The Morgan fingerprint density at radius 1 is 0.895 bits per heavy atom. The van der Waals surface area contributed by atoms with Crippen LogP contribution in [0.3, 0.4) is 0 Å². The first kappa shape index (κ1) is 56.5. The fourth-order valence-corrected chi connectivity index (χ4v) is 12.7.